The van der Waals surface area contributed by atoms with Crippen LogP contribution in [0.25, 0.3) is 0 Å². The van der Waals surface area contributed by atoms with E-state index in [4.69, 9.17) is 0 Å². The fourth-order valence-electron chi connectivity index (χ4n) is 6.20. The lowest BCUT2D eigenvalue weighted by Crippen LogP contribution is -2.54. The van der Waals surface area contributed by atoms with Gasteiger partial charge >= 0.3 is 0 Å². The number of para-hydroxylation sites is 2. The summed E-state index contributed by atoms with van der Waals surface area (Å²) in [6.45, 7) is 3.69. The van der Waals surface area contributed by atoms with Gasteiger partial charge in [0, 0.05) is 5.54 Å². The molecule has 4 aliphatic rings. The van der Waals surface area contributed by atoms with Crippen molar-refractivity contribution in [2.45, 2.75) is 57.9 Å². The van der Waals surface area contributed by atoms with Gasteiger partial charge in [0.25, 0.3) is 0 Å². The summed E-state index contributed by atoms with van der Waals surface area (Å²) in [6.07, 6.45) is 7.78. The maximum absolute atomic E-state index is 12.4. The van der Waals surface area contributed by atoms with Crippen LogP contribution >= 0.6 is 0 Å². The van der Waals surface area contributed by atoms with E-state index in [1.54, 1.807) is 0 Å². The van der Waals surface area contributed by atoms with Crippen LogP contribution in [-0.2, 0) is 14.6 Å². The Kier molecular flexibility index (Phi) is 5.19. The van der Waals surface area contributed by atoms with E-state index in [1.807, 2.05) is 38.1 Å². The summed E-state index contributed by atoms with van der Waals surface area (Å²) >= 11 is 0. The maximum Gasteiger partial charge on any atom is 0.239 e. The van der Waals surface area contributed by atoms with Gasteiger partial charge in [-0.15, -0.1) is 0 Å². The molecule has 154 valence electrons. The number of anilines is 2. The van der Waals surface area contributed by atoms with Gasteiger partial charge < -0.3 is 10.6 Å². The summed E-state index contributed by atoms with van der Waals surface area (Å²) in [5, 5.41) is 6.63. The molecule has 0 unspecified atom stereocenters. The van der Waals surface area contributed by atoms with Gasteiger partial charge in [0.15, 0.2) is 9.84 Å². The molecule has 28 heavy (non-hydrogen) atoms. The monoisotopic (exact) mass is 404 g/mol. The molecule has 6 heteroatoms. The second-order valence-electron chi connectivity index (χ2n) is 9.87. The van der Waals surface area contributed by atoms with Gasteiger partial charge in [-0.1, -0.05) is 26.0 Å². The van der Waals surface area contributed by atoms with Gasteiger partial charge in [-0.05, 0) is 74.3 Å². The molecule has 4 bridgehead atoms. The first-order valence-corrected chi connectivity index (χ1v) is 12.4. The van der Waals surface area contributed by atoms with E-state index in [1.165, 1.54) is 38.5 Å². The van der Waals surface area contributed by atoms with Crippen LogP contribution in [0.15, 0.2) is 24.3 Å². The fourth-order valence-corrected chi connectivity index (χ4v) is 7.81. The number of carbonyl (C=O) groups excluding carboxylic acids is 1. The van der Waals surface area contributed by atoms with Crippen LogP contribution in [-0.4, -0.2) is 31.4 Å². The van der Waals surface area contributed by atoms with E-state index in [2.05, 4.69) is 10.6 Å². The molecule has 1 aromatic rings. The average Bonchev–Trinajstić information content (AvgIpc) is 2.53. The van der Waals surface area contributed by atoms with Crippen molar-refractivity contribution in [3.63, 3.8) is 0 Å². The lowest BCUT2D eigenvalue weighted by atomic mass is 9.53. The molecular formula is C22H32N2O3S. The molecule has 4 fully saturated rings. The largest absolute Gasteiger partial charge is 0.378 e. The number of carbonyl (C=O) groups is 1. The number of rotatable bonds is 7. The topological polar surface area (TPSA) is 75.3 Å². The number of hydrogen-bond donors (Lipinski definition) is 2. The van der Waals surface area contributed by atoms with Crippen LogP contribution in [0.1, 0.15) is 52.4 Å². The zero-order valence-electron chi connectivity index (χ0n) is 16.9. The molecule has 0 radical (unpaired) electrons. The highest BCUT2D eigenvalue weighted by atomic mass is 32.2. The lowest BCUT2D eigenvalue weighted by molar-refractivity contribution is -0.113. The molecule has 1 aromatic carbocycles. The van der Waals surface area contributed by atoms with Crippen molar-refractivity contribution in [2.75, 3.05) is 22.1 Å². The Morgan fingerprint density at radius 2 is 1.57 bits per heavy atom. The molecule has 0 heterocycles. The minimum absolute atomic E-state index is 0.0165. The minimum Gasteiger partial charge on any atom is -0.378 e. The third-order valence-electron chi connectivity index (χ3n) is 6.58. The van der Waals surface area contributed by atoms with Crippen molar-refractivity contribution in [3.8, 4) is 0 Å². The van der Waals surface area contributed by atoms with Gasteiger partial charge in [-0.3, -0.25) is 4.79 Å². The number of sulfone groups is 1. The molecule has 4 saturated carbocycles. The fraction of sp³-hybridized carbons (Fsp3) is 0.682. The van der Waals surface area contributed by atoms with Crippen LogP contribution in [0, 0.1) is 23.7 Å². The van der Waals surface area contributed by atoms with Crippen LogP contribution < -0.4 is 10.6 Å². The van der Waals surface area contributed by atoms with Crippen molar-refractivity contribution in [1.82, 2.24) is 0 Å². The molecule has 0 aliphatic heterocycles. The van der Waals surface area contributed by atoms with Gasteiger partial charge in [0.2, 0.25) is 5.91 Å². The third kappa shape index (κ3) is 4.37. The first kappa shape index (κ1) is 19.7. The molecule has 5 nitrogen and oxygen atoms in total. The van der Waals surface area contributed by atoms with Crippen molar-refractivity contribution in [1.29, 1.82) is 0 Å². The van der Waals surface area contributed by atoms with Gasteiger partial charge in [-0.25, -0.2) is 8.42 Å². The molecule has 4 aliphatic carbocycles. The standard InChI is InChI=1S/C22H32N2O3S/c1-15(2)13-28(26,27)14-21(25)23-19-5-3-4-6-20(19)24-22-10-16-7-17(11-22)9-18(8-16)12-22/h3-6,15-18,24H,7-14H2,1-2H3,(H,23,25). The second-order valence-corrected chi connectivity index (χ2v) is 12.0. The summed E-state index contributed by atoms with van der Waals surface area (Å²) in [7, 11) is -3.39. The number of hydrogen-bond acceptors (Lipinski definition) is 4. The average molecular weight is 405 g/mol. The van der Waals surface area contributed by atoms with Crippen molar-refractivity contribution >= 4 is 27.1 Å². The van der Waals surface area contributed by atoms with Crippen LogP contribution in [0.3, 0.4) is 0 Å². The zero-order chi connectivity index (χ0) is 19.9. The Hall–Kier alpha value is -1.56. The second kappa shape index (κ2) is 7.36. The van der Waals surface area contributed by atoms with Crippen LogP contribution in [0.4, 0.5) is 11.4 Å². The predicted molar refractivity (Wildman–Crippen MR) is 113 cm³/mol. The van der Waals surface area contributed by atoms with Gasteiger partial charge in [0.05, 0.1) is 17.1 Å². The summed E-state index contributed by atoms with van der Waals surface area (Å²) in [5.74, 6) is 1.64. The van der Waals surface area contributed by atoms with Gasteiger partial charge in [-0.2, -0.15) is 0 Å². The van der Waals surface area contributed by atoms with Crippen LogP contribution in [0.5, 0.6) is 0 Å². The van der Waals surface area contributed by atoms with E-state index >= 15 is 0 Å². The molecular weight excluding hydrogens is 372 g/mol. The molecule has 0 aromatic heterocycles. The van der Waals surface area contributed by atoms with E-state index in [-0.39, 0.29) is 17.2 Å². The SMILES string of the molecule is CC(C)CS(=O)(=O)CC(=O)Nc1ccccc1NC12CC3CC(CC(C3)C1)C2. The summed E-state index contributed by atoms with van der Waals surface area (Å²) in [6, 6.07) is 7.70. The Morgan fingerprint density at radius 1 is 1.04 bits per heavy atom. The maximum atomic E-state index is 12.4. The summed E-state index contributed by atoms with van der Waals surface area (Å²) in [4.78, 5) is 12.4. The molecule has 0 spiro atoms. The third-order valence-corrected chi connectivity index (χ3v) is 8.45. The highest BCUT2D eigenvalue weighted by Crippen LogP contribution is 2.56. The minimum atomic E-state index is -3.39. The van der Waals surface area contributed by atoms with Crippen molar-refractivity contribution in [3.05, 3.63) is 24.3 Å². The molecule has 0 saturated heterocycles. The van der Waals surface area contributed by atoms with E-state index in [0.29, 0.717) is 5.69 Å². The first-order valence-electron chi connectivity index (χ1n) is 10.6. The Bertz CT molecular complexity index is 812. The van der Waals surface area contributed by atoms with E-state index < -0.39 is 21.5 Å². The quantitative estimate of drug-likeness (QED) is 0.718. The number of benzene rings is 1. The highest BCUT2D eigenvalue weighted by molar-refractivity contribution is 7.92. The highest BCUT2D eigenvalue weighted by Gasteiger charge is 2.51. The predicted octanol–water partition coefficient (Wildman–Crippen LogP) is 4.08. The summed E-state index contributed by atoms with van der Waals surface area (Å²) in [5.41, 5.74) is 1.74. The van der Waals surface area contributed by atoms with Crippen molar-refractivity contribution < 1.29 is 13.2 Å². The zero-order valence-corrected chi connectivity index (χ0v) is 17.7. The first-order chi connectivity index (χ1) is 13.2. The molecule has 1 amide bonds. The Balaban J connectivity index is 1.46. The van der Waals surface area contributed by atoms with E-state index in [9.17, 15) is 13.2 Å². The summed E-state index contributed by atoms with van der Waals surface area (Å²) < 4.78 is 24.3. The normalized spacial score (nSPS) is 31.2. The smallest absolute Gasteiger partial charge is 0.239 e. The van der Waals surface area contributed by atoms with Crippen LogP contribution in [0.2, 0.25) is 0 Å². The van der Waals surface area contributed by atoms with Crippen molar-refractivity contribution in [2.24, 2.45) is 23.7 Å². The Morgan fingerprint density at radius 3 is 2.11 bits per heavy atom. The molecule has 5 rings (SSSR count). The number of nitrogens with one attached hydrogen (secondary N) is 2. The molecule has 0 atom stereocenters. The molecule has 2 N–H and O–H groups in total. The number of amides is 1. The van der Waals surface area contributed by atoms with Gasteiger partial charge in [0.1, 0.15) is 5.75 Å². The van der Waals surface area contributed by atoms with E-state index in [0.717, 1.165) is 23.4 Å². The Labute approximate surface area is 168 Å². The lowest BCUT2D eigenvalue weighted by Gasteiger charge is -2.57.